The molecule has 3 heteroatoms. The third-order valence-corrected chi connectivity index (χ3v) is 2.89. The maximum atomic E-state index is 11.3. The molecule has 0 aliphatic carbocycles. The molecule has 16 heavy (non-hydrogen) atoms. The van der Waals surface area contributed by atoms with Gasteiger partial charge in [-0.2, -0.15) is 0 Å². The summed E-state index contributed by atoms with van der Waals surface area (Å²) in [5.74, 6) is 0.569. The number of nitrogens with one attached hydrogen (secondary N) is 1. The molecular weight excluding hydrogens is 266 g/mol. The molecule has 0 aromatic heterocycles. The summed E-state index contributed by atoms with van der Waals surface area (Å²) in [6.07, 6.45) is 0. The van der Waals surface area contributed by atoms with Gasteiger partial charge in [0.1, 0.15) is 0 Å². The van der Waals surface area contributed by atoms with Crippen molar-refractivity contribution < 1.29 is 4.79 Å². The molecule has 0 bridgehead atoms. The van der Waals surface area contributed by atoms with Crippen molar-refractivity contribution in [3.8, 4) is 0 Å². The lowest BCUT2D eigenvalue weighted by Gasteiger charge is -2.09. The summed E-state index contributed by atoms with van der Waals surface area (Å²) < 4.78 is 0. The Labute approximate surface area is 106 Å². The van der Waals surface area contributed by atoms with Crippen LogP contribution in [0.5, 0.6) is 0 Å². The summed E-state index contributed by atoms with van der Waals surface area (Å²) in [5.41, 5.74) is 2.45. The minimum atomic E-state index is -0.137. The smallest absolute Gasteiger partial charge is 0.233 e. The molecule has 0 saturated heterocycles. The fourth-order valence-corrected chi connectivity index (χ4v) is 1.51. The van der Waals surface area contributed by atoms with Crippen LogP contribution in [-0.4, -0.2) is 10.7 Å². The largest absolute Gasteiger partial charge is 0.351 e. The third kappa shape index (κ3) is 3.97. The number of rotatable bonds is 4. The van der Waals surface area contributed by atoms with Crippen LogP contribution < -0.4 is 5.32 Å². The summed E-state index contributed by atoms with van der Waals surface area (Å²) in [6, 6.07) is 8.36. The van der Waals surface area contributed by atoms with Gasteiger partial charge in [0.05, 0.1) is 4.83 Å². The fraction of sp³-hybridized carbons (Fsp3) is 0.462. The van der Waals surface area contributed by atoms with Crippen molar-refractivity contribution in [2.45, 2.75) is 38.1 Å². The average Bonchev–Trinajstić information content (AvgIpc) is 2.26. The van der Waals surface area contributed by atoms with Gasteiger partial charge >= 0.3 is 0 Å². The zero-order valence-electron chi connectivity index (χ0n) is 9.96. The molecule has 1 aromatic rings. The molecule has 1 aromatic carbocycles. The van der Waals surface area contributed by atoms with E-state index >= 15 is 0 Å². The van der Waals surface area contributed by atoms with Gasteiger partial charge in [0.25, 0.3) is 0 Å². The van der Waals surface area contributed by atoms with Gasteiger partial charge in [0, 0.05) is 6.54 Å². The zero-order valence-corrected chi connectivity index (χ0v) is 11.5. The first-order valence-electron chi connectivity index (χ1n) is 5.51. The van der Waals surface area contributed by atoms with E-state index in [0.29, 0.717) is 12.5 Å². The zero-order chi connectivity index (χ0) is 12.1. The van der Waals surface area contributed by atoms with Crippen molar-refractivity contribution in [1.82, 2.24) is 5.32 Å². The molecule has 1 rings (SSSR count). The monoisotopic (exact) mass is 283 g/mol. The summed E-state index contributed by atoms with van der Waals surface area (Å²) in [4.78, 5) is 11.2. The normalized spacial score (nSPS) is 12.6. The SMILES string of the molecule is CC(Br)C(=O)NCc1ccc(C(C)C)cc1. The van der Waals surface area contributed by atoms with E-state index in [0.717, 1.165) is 5.56 Å². The maximum absolute atomic E-state index is 11.3. The first-order valence-corrected chi connectivity index (χ1v) is 6.43. The first-order chi connectivity index (χ1) is 7.50. The summed E-state index contributed by atoms with van der Waals surface area (Å²) in [5, 5.41) is 2.86. The Morgan fingerprint density at radius 1 is 1.25 bits per heavy atom. The van der Waals surface area contributed by atoms with Crippen LogP contribution in [0.15, 0.2) is 24.3 Å². The lowest BCUT2D eigenvalue weighted by Crippen LogP contribution is -2.28. The molecular formula is C13H18BrNO. The second-order valence-corrected chi connectivity index (χ2v) is 5.60. The second-order valence-electron chi connectivity index (χ2n) is 4.23. The molecule has 1 unspecified atom stereocenters. The number of hydrogen-bond donors (Lipinski definition) is 1. The predicted molar refractivity (Wildman–Crippen MR) is 70.8 cm³/mol. The maximum Gasteiger partial charge on any atom is 0.233 e. The Balaban J connectivity index is 2.53. The van der Waals surface area contributed by atoms with Crippen molar-refractivity contribution in [2.24, 2.45) is 0 Å². The summed E-state index contributed by atoms with van der Waals surface area (Å²) in [6.45, 7) is 6.75. The van der Waals surface area contributed by atoms with E-state index in [1.54, 1.807) is 0 Å². The Kier molecular flexibility index (Phi) is 5.00. The van der Waals surface area contributed by atoms with Crippen LogP contribution >= 0.6 is 15.9 Å². The van der Waals surface area contributed by atoms with Crippen molar-refractivity contribution in [2.75, 3.05) is 0 Å². The molecule has 0 saturated carbocycles. The quantitative estimate of drug-likeness (QED) is 0.845. The highest BCUT2D eigenvalue weighted by atomic mass is 79.9. The molecule has 1 atom stereocenters. The number of carbonyl (C=O) groups is 1. The molecule has 0 spiro atoms. The minimum Gasteiger partial charge on any atom is -0.351 e. The fourth-order valence-electron chi connectivity index (χ4n) is 1.35. The third-order valence-electron chi connectivity index (χ3n) is 2.47. The van der Waals surface area contributed by atoms with E-state index in [-0.39, 0.29) is 10.7 Å². The molecule has 2 nitrogen and oxygen atoms in total. The highest BCUT2D eigenvalue weighted by Gasteiger charge is 2.07. The first kappa shape index (κ1) is 13.2. The van der Waals surface area contributed by atoms with Crippen LogP contribution in [0.3, 0.4) is 0 Å². The molecule has 0 heterocycles. The number of halogens is 1. The number of amides is 1. The Hall–Kier alpha value is -0.830. The van der Waals surface area contributed by atoms with Gasteiger partial charge in [-0.3, -0.25) is 4.79 Å². The van der Waals surface area contributed by atoms with Gasteiger partial charge in [-0.05, 0) is 24.0 Å². The van der Waals surface area contributed by atoms with Gasteiger partial charge in [0.15, 0.2) is 0 Å². The number of hydrogen-bond acceptors (Lipinski definition) is 1. The minimum absolute atomic E-state index is 0.0212. The standard InChI is InChI=1S/C13H18BrNO/c1-9(2)12-6-4-11(5-7-12)8-15-13(16)10(3)14/h4-7,9-10H,8H2,1-3H3,(H,15,16). The predicted octanol–water partition coefficient (Wildman–Crippen LogP) is 3.21. The summed E-state index contributed by atoms with van der Waals surface area (Å²) in [7, 11) is 0. The van der Waals surface area contributed by atoms with Gasteiger partial charge < -0.3 is 5.32 Å². The summed E-state index contributed by atoms with van der Waals surface area (Å²) >= 11 is 3.23. The molecule has 1 N–H and O–H groups in total. The average molecular weight is 284 g/mol. The molecule has 0 fully saturated rings. The Morgan fingerprint density at radius 2 is 1.81 bits per heavy atom. The molecule has 0 aliphatic rings. The number of benzene rings is 1. The van der Waals surface area contributed by atoms with E-state index in [2.05, 4.69) is 59.4 Å². The van der Waals surface area contributed by atoms with Gasteiger partial charge in [-0.1, -0.05) is 54.0 Å². The van der Waals surface area contributed by atoms with E-state index in [1.807, 2.05) is 6.92 Å². The van der Waals surface area contributed by atoms with Crippen LogP contribution in [-0.2, 0) is 11.3 Å². The van der Waals surface area contributed by atoms with Gasteiger partial charge in [0.2, 0.25) is 5.91 Å². The van der Waals surface area contributed by atoms with Crippen molar-refractivity contribution in [3.63, 3.8) is 0 Å². The van der Waals surface area contributed by atoms with Gasteiger partial charge in [-0.15, -0.1) is 0 Å². The van der Waals surface area contributed by atoms with E-state index in [1.165, 1.54) is 5.56 Å². The molecule has 88 valence electrons. The van der Waals surface area contributed by atoms with Crippen LogP contribution in [0.2, 0.25) is 0 Å². The van der Waals surface area contributed by atoms with E-state index in [9.17, 15) is 4.79 Å². The number of carbonyl (C=O) groups excluding carboxylic acids is 1. The number of alkyl halides is 1. The van der Waals surface area contributed by atoms with Crippen LogP contribution in [0, 0.1) is 0 Å². The second kappa shape index (κ2) is 6.04. The molecule has 0 radical (unpaired) electrons. The van der Waals surface area contributed by atoms with Gasteiger partial charge in [-0.25, -0.2) is 0 Å². The van der Waals surface area contributed by atoms with Crippen molar-refractivity contribution in [1.29, 1.82) is 0 Å². The van der Waals surface area contributed by atoms with E-state index in [4.69, 9.17) is 0 Å². The van der Waals surface area contributed by atoms with Crippen LogP contribution in [0.4, 0.5) is 0 Å². The lowest BCUT2D eigenvalue weighted by molar-refractivity contribution is -0.120. The highest BCUT2D eigenvalue weighted by molar-refractivity contribution is 9.10. The van der Waals surface area contributed by atoms with Crippen LogP contribution in [0.25, 0.3) is 0 Å². The molecule has 1 amide bonds. The lowest BCUT2D eigenvalue weighted by atomic mass is 10.0. The van der Waals surface area contributed by atoms with Crippen molar-refractivity contribution >= 4 is 21.8 Å². The Morgan fingerprint density at radius 3 is 2.25 bits per heavy atom. The van der Waals surface area contributed by atoms with E-state index < -0.39 is 0 Å². The molecule has 0 aliphatic heterocycles. The highest BCUT2D eigenvalue weighted by Crippen LogP contribution is 2.14. The van der Waals surface area contributed by atoms with Crippen LogP contribution in [0.1, 0.15) is 37.8 Å². The van der Waals surface area contributed by atoms with Crippen molar-refractivity contribution in [3.05, 3.63) is 35.4 Å². The topological polar surface area (TPSA) is 29.1 Å². The Bertz CT molecular complexity index is 343.